The van der Waals surface area contributed by atoms with Crippen LogP contribution in [0.25, 0.3) is 0 Å². The highest BCUT2D eigenvalue weighted by atomic mass is 16.2. The Morgan fingerprint density at radius 1 is 1.40 bits per heavy atom. The van der Waals surface area contributed by atoms with Gasteiger partial charge in [-0.1, -0.05) is 0 Å². The standard InChI is InChI=1S/C8H11NO/c10-7-5-3-6(4-5)8(9-7)1-2-8/h5-6H,1-4H2,(H,9,10). The molecule has 0 aromatic carbocycles. The topological polar surface area (TPSA) is 29.1 Å². The highest BCUT2D eigenvalue weighted by Gasteiger charge is 2.60. The van der Waals surface area contributed by atoms with Gasteiger partial charge in [-0.05, 0) is 31.6 Å². The maximum atomic E-state index is 11.2. The summed E-state index contributed by atoms with van der Waals surface area (Å²) in [5, 5.41) is 3.13. The molecule has 2 bridgehead atoms. The summed E-state index contributed by atoms with van der Waals surface area (Å²) in [4.78, 5) is 11.2. The molecule has 2 heterocycles. The van der Waals surface area contributed by atoms with Gasteiger partial charge in [0.25, 0.3) is 0 Å². The number of fused-ring (bicyclic) bond motifs is 1. The van der Waals surface area contributed by atoms with Gasteiger partial charge in [0, 0.05) is 11.5 Å². The van der Waals surface area contributed by atoms with Gasteiger partial charge in [-0.15, -0.1) is 0 Å². The van der Waals surface area contributed by atoms with Crippen molar-refractivity contribution in [2.75, 3.05) is 0 Å². The van der Waals surface area contributed by atoms with E-state index in [9.17, 15) is 4.79 Å². The maximum Gasteiger partial charge on any atom is 0.223 e. The number of carbonyl (C=O) groups is 1. The zero-order valence-corrected chi connectivity index (χ0v) is 5.89. The van der Waals surface area contributed by atoms with Crippen LogP contribution in [0.3, 0.4) is 0 Å². The molecule has 4 aliphatic rings. The van der Waals surface area contributed by atoms with E-state index in [2.05, 4.69) is 5.32 Å². The lowest BCUT2D eigenvalue weighted by atomic mass is 9.66. The van der Waals surface area contributed by atoms with Crippen molar-refractivity contribution in [3.05, 3.63) is 0 Å². The summed E-state index contributed by atoms with van der Waals surface area (Å²) in [6.07, 6.45) is 4.86. The molecule has 2 heteroatoms. The summed E-state index contributed by atoms with van der Waals surface area (Å²) in [6, 6.07) is 0. The van der Waals surface area contributed by atoms with Gasteiger partial charge in [0.1, 0.15) is 0 Å². The molecule has 1 N–H and O–H groups in total. The summed E-state index contributed by atoms with van der Waals surface area (Å²) >= 11 is 0. The van der Waals surface area contributed by atoms with Crippen LogP contribution in [-0.4, -0.2) is 11.4 Å². The van der Waals surface area contributed by atoms with Crippen LogP contribution in [-0.2, 0) is 4.79 Å². The summed E-state index contributed by atoms with van der Waals surface area (Å²) in [5.41, 5.74) is 0.325. The summed E-state index contributed by atoms with van der Waals surface area (Å²) in [5.74, 6) is 1.59. The SMILES string of the molecule is O=C1NC2(CC2)C2CC1C2. The number of piperidine rings is 2. The average Bonchev–Trinajstić information content (AvgIpc) is 2.42. The number of amides is 1. The lowest BCUT2D eigenvalue weighted by Gasteiger charge is -2.46. The number of rotatable bonds is 0. The lowest BCUT2D eigenvalue weighted by molar-refractivity contribution is -0.137. The Hall–Kier alpha value is -0.530. The van der Waals surface area contributed by atoms with E-state index in [1.54, 1.807) is 0 Å². The predicted octanol–water partition coefficient (Wildman–Crippen LogP) is 0.675. The first kappa shape index (κ1) is 5.16. The number of carbonyl (C=O) groups excluding carboxylic acids is 1. The number of hydrogen-bond acceptors (Lipinski definition) is 1. The van der Waals surface area contributed by atoms with Crippen molar-refractivity contribution >= 4 is 5.91 Å². The molecule has 4 fully saturated rings. The molecule has 0 atom stereocenters. The highest BCUT2D eigenvalue weighted by molar-refractivity contribution is 5.83. The van der Waals surface area contributed by atoms with Gasteiger partial charge in [0.15, 0.2) is 0 Å². The molecule has 2 saturated heterocycles. The van der Waals surface area contributed by atoms with Crippen LogP contribution in [0, 0.1) is 11.8 Å². The first-order valence-electron chi connectivity index (χ1n) is 4.12. The molecular formula is C8H11NO. The molecule has 2 aliphatic carbocycles. The fourth-order valence-electron chi connectivity index (χ4n) is 2.40. The van der Waals surface area contributed by atoms with Gasteiger partial charge < -0.3 is 5.32 Å². The normalized spacial score (nSPS) is 46.2. The monoisotopic (exact) mass is 137 g/mol. The summed E-state index contributed by atoms with van der Waals surface area (Å²) in [6.45, 7) is 0. The van der Waals surface area contributed by atoms with E-state index in [1.807, 2.05) is 0 Å². The van der Waals surface area contributed by atoms with Gasteiger partial charge in [-0.25, -0.2) is 0 Å². The Kier molecular flexibility index (Phi) is 0.644. The van der Waals surface area contributed by atoms with Crippen LogP contribution in [0.5, 0.6) is 0 Å². The number of hydrogen-bond donors (Lipinski definition) is 1. The summed E-state index contributed by atoms with van der Waals surface area (Å²) in [7, 11) is 0. The third kappa shape index (κ3) is 0.414. The Morgan fingerprint density at radius 2 is 2.10 bits per heavy atom. The molecule has 0 unspecified atom stereocenters. The predicted molar refractivity (Wildman–Crippen MR) is 36.3 cm³/mol. The van der Waals surface area contributed by atoms with Crippen LogP contribution < -0.4 is 5.32 Å². The van der Waals surface area contributed by atoms with Crippen LogP contribution in [0.2, 0.25) is 0 Å². The van der Waals surface area contributed by atoms with Gasteiger partial charge in [-0.3, -0.25) is 4.79 Å². The zero-order valence-electron chi connectivity index (χ0n) is 5.89. The Bertz CT molecular complexity index is 201. The smallest absolute Gasteiger partial charge is 0.223 e. The van der Waals surface area contributed by atoms with E-state index in [-0.39, 0.29) is 0 Å². The van der Waals surface area contributed by atoms with Gasteiger partial charge >= 0.3 is 0 Å². The van der Waals surface area contributed by atoms with Crippen LogP contribution in [0.1, 0.15) is 25.7 Å². The van der Waals surface area contributed by atoms with Crippen LogP contribution in [0.4, 0.5) is 0 Å². The highest BCUT2D eigenvalue weighted by Crippen LogP contribution is 2.56. The van der Waals surface area contributed by atoms with Crippen molar-refractivity contribution in [3.63, 3.8) is 0 Å². The third-order valence-corrected chi connectivity index (χ3v) is 3.45. The van der Waals surface area contributed by atoms with E-state index < -0.39 is 0 Å². The molecule has 10 heavy (non-hydrogen) atoms. The Balaban J connectivity index is 1.94. The molecule has 0 aromatic heterocycles. The Morgan fingerprint density at radius 3 is 2.50 bits per heavy atom. The van der Waals surface area contributed by atoms with Gasteiger partial charge in [-0.2, -0.15) is 0 Å². The van der Waals surface area contributed by atoms with Crippen LogP contribution in [0.15, 0.2) is 0 Å². The maximum absolute atomic E-state index is 11.2. The second kappa shape index (κ2) is 1.25. The fourth-order valence-corrected chi connectivity index (χ4v) is 2.40. The first-order valence-corrected chi connectivity index (χ1v) is 4.12. The van der Waals surface area contributed by atoms with Crippen molar-refractivity contribution in [1.82, 2.24) is 5.32 Å². The van der Waals surface area contributed by atoms with Gasteiger partial charge in [0.05, 0.1) is 0 Å². The van der Waals surface area contributed by atoms with E-state index >= 15 is 0 Å². The first-order chi connectivity index (χ1) is 4.80. The van der Waals surface area contributed by atoms with E-state index in [4.69, 9.17) is 0 Å². The molecule has 54 valence electrons. The van der Waals surface area contributed by atoms with E-state index in [0.717, 1.165) is 5.92 Å². The van der Waals surface area contributed by atoms with E-state index in [1.165, 1.54) is 25.7 Å². The minimum absolute atomic E-state index is 0.325. The van der Waals surface area contributed by atoms with Crippen molar-refractivity contribution in [3.8, 4) is 0 Å². The van der Waals surface area contributed by atoms with Gasteiger partial charge in [0.2, 0.25) is 5.91 Å². The molecule has 0 radical (unpaired) electrons. The van der Waals surface area contributed by atoms with Crippen molar-refractivity contribution in [2.45, 2.75) is 31.2 Å². The van der Waals surface area contributed by atoms with E-state index in [0.29, 0.717) is 17.4 Å². The molecule has 1 spiro atoms. The third-order valence-electron chi connectivity index (χ3n) is 3.45. The average molecular weight is 137 g/mol. The molecule has 4 rings (SSSR count). The lowest BCUT2D eigenvalue weighted by Crippen LogP contribution is -2.58. The largest absolute Gasteiger partial charge is 0.350 e. The quantitative estimate of drug-likeness (QED) is 0.522. The zero-order chi connectivity index (χ0) is 6.77. The van der Waals surface area contributed by atoms with Crippen molar-refractivity contribution < 1.29 is 4.79 Å². The minimum Gasteiger partial charge on any atom is -0.350 e. The van der Waals surface area contributed by atoms with Crippen LogP contribution >= 0.6 is 0 Å². The van der Waals surface area contributed by atoms with Crippen molar-refractivity contribution in [1.29, 1.82) is 0 Å². The fraction of sp³-hybridized carbons (Fsp3) is 0.875. The molecule has 1 amide bonds. The molecule has 2 nitrogen and oxygen atoms in total. The second-order valence-electron chi connectivity index (χ2n) is 4.01. The van der Waals surface area contributed by atoms with Crippen molar-refractivity contribution in [2.24, 2.45) is 11.8 Å². The molecule has 2 aliphatic heterocycles. The number of nitrogens with one attached hydrogen (secondary N) is 1. The second-order valence-corrected chi connectivity index (χ2v) is 4.01. The molecule has 0 aromatic rings. The minimum atomic E-state index is 0.325. The molecule has 2 saturated carbocycles. The summed E-state index contributed by atoms with van der Waals surface area (Å²) < 4.78 is 0. The molecular weight excluding hydrogens is 126 g/mol. The Labute approximate surface area is 60.0 Å².